The highest BCUT2D eigenvalue weighted by Gasteiger charge is 2.21. The van der Waals surface area contributed by atoms with Crippen molar-refractivity contribution in [3.8, 4) is 16.9 Å². The number of nitrogens with zero attached hydrogens (tertiary/aromatic N) is 2. The molecule has 3 rings (SSSR count). The van der Waals surface area contributed by atoms with Crippen LogP contribution in [0, 0.1) is 6.92 Å². The van der Waals surface area contributed by atoms with Crippen molar-refractivity contribution in [2.24, 2.45) is 0 Å². The Kier molecular flexibility index (Phi) is 3.55. The molecular weight excluding hydrogens is 278 g/mol. The van der Waals surface area contributed by atoms with Gasteiger partial charge in [0.05, 0.1) is 11.4 Å². The van der Waals surface area contributed by atoms with Gasteiger partial charge in [0.25, 0.3) is 0 Å². The molecule has 0 bridgehead atoms. The van der Waals surface area contributed by atoms with Gasteiger partial charge in [0.2, 0.25) is 0 Å². The van der Waals surface area contributed by atoms with Gasteiger partial charge in [0, 0.05) is 16.5 Å². The molecule has 0 aliphatic carbocycles. The van der Waals surface area contributed by atoms with E-state index in [0.29, 0.717) is 5.92 Å². The first-order chi connectivity index (χ1) is 10.1. The number of aryl methyl sites for hydroxylation is 1. The minimum atomic E-state index is 0.330. The van der Waals surface area contributed by atoms with E-state index < -0.39 is 0 Å². The van der Waals surface area contributed by atoms with Crippen molar-refractivity contribution < 1.29 is 0 Å². The molecule has 21 heavy (non-hydrogen) atoms. The minimum absolute atomic E-state index is 0.330. The number of aromatic nitrogens is 2. The second kappa shape index (κ2) is 5.37. The first kappa shape index (κ1) is 13.9. The van der Waals surface area contributed by atoms with Crippen molar-refractivity contribution in [1.29, 1.82) is 0 Å². The molecule has 0 saturated carbocycles. The zero-order valence-corrected chi connectivity index (χ0v) is 13.3. The summed E-state index contributed by atoms with van der Waals surface area (Å²) < 4.78 is 1.85. The van der Waals surface area contributed by atoms with E-state index in [9.17, 15) is 0 Å². The summed E-state index contributed by atoms with van der Waals surface area (Å²) in [7, 11) is 0. The maximum Gasteiger partial charge on any atom is 0.131 e. The van der Waals surface area contributed by atoms with Crippen LogP contribution in [-0.2, 0) is 0 Å². The summed E-state index contributed by atoms with van der Waals surface area (Å²) in [5.74, 6) is 1.06. The molecule has 0 unspecified atom stereocenters. The predicted molar refractivity (Wildman–Crippen MR) is 90.1 cm³/mol. The Balaban J connectivity index is 2.24. The van der Waals surface area contributed by atoms with Crippen molar-refractivity contribution in [3.63, 3.8) is 0 Å². The minimum Gasteiger partial charge on any atom is -0.383 e. The first-order valence-electron chi connectivity index (χ1n) is 7.06. The Morgan fingerprint density at radius 2 is 1.86 bits per heavy atom. The Hall–Kier alpha value is -2.07. The number of rotatable bonds is 3. The molecule has 0 saturated heterocycles. The molecule has 0 amide bonds. The van der Waals surface area contributed by atoms with Gasteiger partial charge in [-0.3, -0.25) is 0 Å². The lowest BCUT2D eigenvalue weighted by molar-refractivity contribution is 0.867. The zero-order valence-electron chi connectivity index (χ0n) is 12.5. The van der Waals surface area contributed by atoms with Crippen molar-refractivity contribution in [1.82, 2.24) is 9.78 Å². The summed E-state index contributed by atoms with van der Waals surface area (Å²) in [6.45, 7) is 6.44. The second-order valence-corrected chi connectivity index (χ2v) is 6.26. The number of anilines is 1. The summed E-state index contributed by atoms with van der Waals surface area (Å²) in [5.41, 5.74) is 12.0. The van der Waals surface area contributed by atoms with E-state index in [0.717, 1.165) is 22.8 Å². The average molecular weight is 297 g/mol. The fraction of sp³-hybridized carbons (Fsp3) is 0.235. The summed E-state index contributed by atoms with van der Waals surface area (Å²) in [6, 6.07) is 10.0. The number of hydrogen-bond donors (Lipinski definition) is 1. The van der Waals surface area contributed by atoms with Crippen LogP contribution in [0.4, 0.5) is 5.82 Å². The Labute approximate surface area is 129 Å². The molecule has 1 aromatic carbocycles. The van der Waals surface area contributed by atoms with Crippen LogP contribution in [0.2, 0.25) is 0 Å². The van der Waals surface area contributed by atoms with Crippen LogP contribution < -0.4 is 5.73 Å². The van der Waals surface area contributed by atoms with Crippen molar-refractivity contribution in [2.75, 3.05) is 5.73 Å². The molecule has 3 aromatic rings. The van der Waals surface area contributed by atoms with Gasteiger partial charge in [0.15, 0.2) is 0 Å². The maximum absolute atomic E-state index is 6.40. The molecule has 0 fully saturated rings. The number of nitrogen functional groups attached to an aromatic ring is 1. The van der Waals surface area contributed by atoms with Crippen LogP contribution in [0.15, 0.2) is 41.1 Å². The highest BCUT2D eigenvalue weighted by atomic mass is 32.1. The molecule has 4 heteroatoms. The molecule has 2 N–H and O–H groups in total. The van der Waals surface area contributed by atoms with Crippen LogP contribution in [0.5, 0.6) is 0 Å². The monoisotopic (exact) mass is 297 g/mol. The van der Waals surface area contributed by atoms with Crippen molar-refractivity contribution >= 4 is 17.2 Å². The third-order valence-corrected chi connectivity index (χ3v) is 4.51. The Morgan fingerprint density at radius 1 is 1.14 bits per heavy atom. The van der Waals surface area contributed by atoms with Gasteiger partial charge in [-0.1, -0.05) is 32.0 Å². The lowest BCUT2D eigenvalue weighted by Crippen LogP contribution is -2.03. The fourth-order valence-corrected chi connectivity index (χ4v) is 3.41. The number of hydrogen-bond acceptors (Lipinski definition) is 3. The SMILES string of the molecule is Cc1cscc1-c1nn(-c2ccccc2)c(N)c1C(C)C. The number of nitrogens with two attached hydrogens (primary N) is 1. The summed E-state index contributed by atoms with van der Waals surface area (Å²) in [4.78, 5) is 0. The van der Waals surface area contributed by atoms with Gasteiger partial charge >= 0.3 is 0 Å². The molecular formula is C17H19N3S. The van der Waals surface area contributed by atoms with E-state index in [1.807, 2.05) is 35.0 Å². The maximum atomic E-state index is 6.40. The van der Waals surface area contributed by atoms with Crippen molar-refractivity contribution in [2.45, 2.75) is 26.7 Å². The van der Waals surface area contributed by atoms with E-state index in [1.54, 1.807) is 11.3 Å². The first-order valence-corrected chi connectivity index (χ1v) is 8.01. The van der Waals surface area contributed by atoms with Crippen LogP contribution in [0.25, 0.3) is 16.9 Å². The van der Waals surface area contributed by atoms with E-state index in [-0.39, 0.29) is 0 Å². The van der Waals surface area contributed by atoms with Gasteiger partial charge < -0.3 is 5.73 Å². The smallest absolute Gasteiger partial charge is 0.131 e. The Bertz CT molecular complexity index is 754. The van der Waals surface area contributed by atoms with Gasteiger partial charge in [-0.15, -0.1) is 0 Å². The molecule has 3 nitrogen and oxygen atoms in total. The van der Waals surface area contributed by atoms with Gasteiger partial charge in [-0.2, -0.15) is 16.4 Å². The molecule has 2 aromatic heterocycles. The van der Waals surface area contributed by atoms with Gasteiger partial charge in [0.1, 0.15) is 5.82 Å². The third kappa shape index (κ3) is 2.36. The predicted octanol–water partition coefficient (Wildman–Crippen LogP) is 4.61. The van der Waals surface area contributed by atoms with E-state index in [1.165, 1.54) is 11.1 Å². The summed E-state index contributed by atoms with van der Waals surface area (Å²) >= 11 is 1.70. The second-order valence-electron chi connectivity index (χ2n) is 5.52. The molecule has 0 radical (unpaired) electrons. The van der Waals surface area contributed by atoms with Crippen LogP contribution in [-0.4, -0.2) is 9.78 Å². The van der Waals surface area contributed by atoms with Gasteiger partial charge in [-0.05, 0) is 35.9 Å². The van der Waals surface area contributed by atoms with E-state index in [2.05, 4.69) is 31.5 Å². The zero-order chi connectivity index (χ0) is 15.0. The average Bonchev–Trinajstić information content (AvgIpc) is 3.03. The highest BCUT2D eigenvalue weighted by molar-refractivity contribution is 7.08. The van der Waals surface area contributed by atoms with E-state index in [4.69, 9.17) is 10.8 Å². The number of para-hydroxylation sites is 1. The summed E-state index contributed by atoms with van der Waals surface area (Å²) in [5, 5.41) is 9.10. The number of thiophene rings is 1. The fourth-order valence-electron chi connectivity index (χ4n) is 2.58. The van der Waals surface area contributed by atoms with Crippen LogP contribution in [0.3, 0.4) is 0 Å². The number of benzene rings is 1. The standard InChI is InChI=1S/C17H19N3S/c1-11(2)15-16(14-10-21-9-12(14)3)19-20(17(15)18)13-7-5-4-6-8-13/h4-11H,18H2,1-3H3. The molecule has 0 spiro atoms. The lowest BCUT2D eigenvalue weighted by atomic mass is 9.98. The normalized spacial score (nSPS) is 11.2. The van der Waals surface area contributed by atoms with Crippen LogP contribution in [0.1, 0.15) is 30.9 Å². The van der Waals surface area contributed by atoms with Crippen LogP contribution >= 0.6 is 11.3 Å². The molecule has 108 valence electrons. The largest absolute Gasteiger partial charge is 0.383 e. The molecule has 0 atom stereocenters. The molecule has 2 heterocycles. The van der Waals surface area contributed by atoms with Gasteiger partial charge in [-0.25, -0.2) is 4.68 Å². The Morgan fingerprint density at radius 3 is 2.43 bits per heavy atom. The summed E-state index contributed by atoms with van der Waals surface area (Å²) in [6.07, 6.45) is 0. The topological polar surface area (TPSA) is 43.8 Å². The van der Waals surface area contributed by atoms with E-state index >= 15 is 0 Å². The molecule has 0 aliphatic rings. The van der Waals surface area contributed by atoms with Crippen molar-refractivity contribution in [3.05, 3.63) is 52.2 Å². The highest BCUT2D eigenvalue weighted by Crippen LogP contribution is 2.37. The molecule has 0 aliphatic heterocycles. The quantitative estimate of drug-likeness (QED) is 0.767. The third-order valence-electron chi connectivity index (χ3n) is 3.65. The lowest BCUT2D eigenvalue weighted by Gasteiger charge is -2.07.